The lowest BCUT2D eigenvalue weighted by molar-refractivity contribution is 0.0365. The Morgan fingerprint density at radius 1 is 1.12 bits per heavy atom. The largest absolute Gasteiger partial charge is 0.459 e. The van der Waals surface area contributed by atoms with Crippen molar-refractivity contribution >= 4 is 28.9 Å². The Balaban J connectivity index is 1.41. The minimum Gasteiger partial charge on any atom is -0.459 e. The van der Waals surface area contributed by atoms with Gasteiger partial charge in [-0.15, -0.1) is 0 Å². The number of thiocarbonyl (C=S) groups is 1. The maximum absolute atomic E-state index is 6.46. The number of ether oxygens (including phenoxy) is 1. The summed E-state index contributed by atoms with van der Waals surface area (Å²) in [5.74, 6) is 1.67. The van der Waals surface area contributed by atoms with Gasteiger partial charge >= 0.3 is 0 Å². The molecule has 0 aliphatic carbocycles. The Morgan fingerprint density at radius 2 is 1.97 bits per heavy atom. The fourth-order valence-electron chi connectivity index (χ4n) is 4.76. The summed E-state index contributed by atoms with van der Waals surface area (Å²) in [6.45, 7) is 7.53. The zero-order chi connectivity index (χ0) is 23.5. The van der Waals surface area contributed by atoms with Gasteiger partial charge in [-0.3, -0.25) is 9.88 Å². The van der Waals surface area contributed by atoms with Crippen LogP contribution < -0.4 is 5.32 Å². The molecule has 0 amide bonds. The van der Waals surface area contributed by atoms with Crippen LogP contribution in [0.4, 0.5) is 0 Å². The molecule has 34 heavy (non-hydrogen) atoms. The highest BCUT2D eigenvalue weighted by Crippen LogP contribution is 2.41. The van der Waals surface area contributed by atoms with Crippen molar-refractivity contribution in [2.75, 3.05) is 39.4 Å². The van der Waals surface area contributed by atoms with Gasteiger partial charge in [0, 0.05) is 43.0 Å². The first kappa shape index (κ1) is 23.3. The number of nitrogens with zero attached hydrogens (tertiary/aromatic N) is 3. The average Bonchev–Trinajstić information content (AvgIpc) is 3.47. The molecular formula is C26H29ClN4O2S. The highest BCUT2D eigenvalue weighted by molar-refractivity contribution is 7.80. The molecule has 8 heteroatoms. The lowest BCUT2D eigenvalue weighted by atomic mass is 10.0. The molecule has 4 heterocycles. The van der Waals surface area contributed by atoms with Crippen LogP contribution in [0.25, 0.3) is 11.3 Å². The molecule has 3 aromatic rings. The number of benzene rings is 1. The Morgan fingerprint density at radius 3 is 2.76 bits per heavy atom. The van der Waals surface area contributed by atoms with Gasteiger partial charge in [-0.1, -0.05) is 23.7 Å². The van der Waals surface area contributed by atoms with Crippen molar-refractivity contribution in [1.29, 1.82) is 0 Å². The number of hydrogen-bond donors (Lipinski definition) is 1. The highest BCUT2D eigenvalue weighted by atomic mass is 35.5. The van der Waals surface area contributed by atoms with Gasteiger partial charge in [0.1, 0.15) is 17.6 Å². The molecule has 2 aliphatic rings. The molecule has 0 radical (unpaired) electrons. The molecule has 2 unspecified atom stereocenters. The summed E-state index contributed by atoms with van der Waals surface area (Å²) in [7, 11) is 0. The fraction of sp³-hybridized carbons (Fsp3) is 0.385. The van der Waals surface area contributed by atoms with Gasteiger partial charge in [-0.25, -0.2) is 0 Å². The molecule has 0 saturated carbocycles. The minimum absolute atomic E-state index is 0.0830. The van der Waals surface area contributed by atoms with E-state index in [4.69, 9.17) is 33.0 Å². The number of pyridine rings is 1. The summed E-state index contributed by atoms with van der Waals surface area (Å²) in [6.07, 6.45) is 2.83. The maximum atomic E-state index is 6.46. The van der Waals surface area contributed by atoms with Crippen LogP contribution in [0, 0.1) is 6.92 Å². The number of rotatable bonds is 7. The van der Waals surface area contributed by atoms with E-state index in [1.165, 1.54) is 0 Å². The van der Waals surface area contributed by atoms with Crippen molar-refractivity contribution in [2.24, 2.45) is 0 Å². The topological polar surface area (TPSA) is 53.8 Å². The molecule has 178 valence electrons. The lowest BCUT2D eigenvalue weighted by Gasteiger charge is -2.29. The summed E-state index contributed by atoms with van der Waals surface area (Å²) in [6, 6.07) is 15.8. The third-order valence-corrected chi connectivity index (χ3v) is 7.15. The van der Waals surface area contributed by atoms with Crippen LogP contribution in [-0.4, -0.2) is 59.3 Å². The van der Waals surface area contributed by atoms with Gasteiger partial charge in [0.25, 0.3) is 0 Å². The number of furan rings is 1. The van der Waals surface area contributed by atoms with E-state index in [9.17, 15) is 0 Å². The van der Waals surface area contributed by atoms with E-state index in [0.29, 0.717) is 5.02 Å². The van der Waals surface area contributed by atoms with Crippen LogP contribution in [0.2, 0.25) is 5.02 Å². The number of aryl methyl sites for hydroxylation is 1. The first-order chi connectivity index (χ1) is 16.6. The SMILES string of the molecule is Cc1ccc(Cl)cc1-c1ccc(C2C(c3ccccn3)NC(=S)N2CCCN2CCOCC2)o1. The minimum atomic E-state index is -0.0865. The molecule has 5 rings (SSSR count). The van der Waals surface area contributed by atoms with Crippen LogP contribution in [0.1, 0.15) is 35.5 Å². The molecule has 0 bridgehead atoms. The zero-order valence-electron chi connectivity index (χ0n) is 19.2. The first-order valence-corrected chi connectivity index (χ1v) is 12.5. The summed E-state index contributed by atoms with van der Waals surface area (Å²) >= 11 is 12.1. The van der Waals surface area contributed by atoms with Crippen LogP contribution in [0.3, 0.4) is 0 Å². The van der Waals surface area contributed by atoms with E-state index in [1.54, 1.807) is 0 Å². The van der Waals surface area contributed by atoms with E-state index >= 15 is 0 Å². The average molecular weight is 497 g/mol. The summed E-state index contributed by atoms with van der Waals surface area (Å²) < 4.78 is 11.9. The monoisotopic (exact) mass is 496 g/mol. The van der Waals surface area contributed by atoms with Gasteiger partial charge in [0.15, 0.2) is 5.11 Å². The van der Waals surface area contributed by atoms with Crippen LogP contribution in [-0.2, 0) is 4.74 Å². The van der Waals surface area contributed by atoms with Gasteiger partial charge in [0.2, 0.25) is 0 Å². The molecule has 1 aromatic carbocycles. The molecule has 6 nitrogen and oxygen atoms in total. The normalized spacial score (nSPS) is 21.1. The molecule has 2 fully saturated rings. The summed E-state index contributed by atoms with van der Waals surface area (Å²) in [4.78, 5) is 9.32. The second-order valence-electron chi connectivity index (χ2n) is 8.79. The van der Waals surface area contributed by atoms with Crippen molar-refractivity contribution in [1.82, 2.24) is 20.1 Å². The number of morpholine rings is 1. The second kappa shape index (κ2) is 10.4. The number of hydrogen-bond acceptors (Lipinski definition) is 5. The smallest absolute Gasteiger partial charge is 0.170 e. The predicted octanol–water partition coefficient (Wildman–Crippen LogP) is 5.00. The lowest BCUT2D eigenvalue weighted by Crippen LogP contribution is -2.38. The first-order valence-electron chi connectivity index (χ1n) is 11.7. The standard InChI is InChI=1S/C26H29ClN4O2S/c1-18-6-7-19(27)17-20(18)22-8-9-23(33-22)25-24(21-5-2-3-10-28-21)29-26(34)31(25)12-4-11-30-13-15-32-16-14-30/h2-3,5-10,17,24-25H,4,11-16H2,1H3,(H,29,34). The third kappa shape index (κ3) is 4.98. The molecule has 2 aliphatic heterocycles. The Labute approximate surface area is 210 Å². The van der Waals surface area contributed by atoms with E-state index < -0.39 is 0 Å². The van der Waals surface area contributed by atoms with Crippen molar-refractivity contribution in [3.05, 3.63) is 76.8 Å². The summed E-state index contributed by atoms with van der Waals surface area (Å²) in [5.41, 5.74) is 3.07. The van der Waals surface area contributed by atoms with E-state index in [-0.39, 0.29) is 12.1 Å². The Bertz CT molecular complexity index is 1130. The molecular weight excluding hydrogens is 468 g/mol. The molecule has 2 aromatic heterocycles. The van der Waals surface area contributed by atoms with Crippen molar-refractivity contribution in [2.45, 2.75) is 25.4 Å². The highest BCUT2D eigenvalue weighted by Gasteiger charge is 2.41. The number of aromatic nitrogens is 1. The van der Waals surface area contributed by atoms with Gasteiger partial charge in [-0.2, -0.15) is 0 Å². The van der Waals surface area contributed by atoms with Crippen molar-refractivity contribution in [3.63, 3.8) is 0 Å². The Kier molecular flexibility index (Phi) is 7.15. The molecule has 0 spiro atoms. The van der Waals surface area contributed by atoms with Crippen molar-refractivity contribution < 1.29 is 9.15 Å². The quantitative estimate of drug-likeness (QED) is 0.462. The van der Waals surface area contributed by atoms with Gasteiger partial charge in [0.05, 0.1) is 24.9 Å². The molecule has 2 atom stereocenters. The number of nitrogens with one attached hydrogen (secondary N) is 1. The zero-order valence-corrected chi connectivity index (χ0v) is 20.8. The maximum Gasteiger partial charge on any atom is 0.170 e. The van der Waals surface area contributed by atoms with Crippen molar-refractivity contribution in [3.8, 4) is 11.3 Å². The van der Waals surface area contributed by atoms with Crippen LogP contribution in [0.5, 0.6) is 0 Å². The molecule has 1 N–H and O–H groups in total. The predicted molar refractivity (Wildman–Crippen MR) is 138 cm³/mol. The summed E-state index contributed by atoms with van der Waals surface area (Å²) in [5, 5.41) is 4.94. The third-order valence-electron chi connectivity index (χ3n) is 6.56. The van der Waals surface area contributed by atoms with Gasteiger partial charge in [-0.05, 0) is 67.5 Å². The van der Waals surface area contributed by atoms with E-state index in [1.807, 2.05) is 48.7 Å². The Hall–Kier alpha value is -2.45. The van der Waals surface area contributed by atoms with E-state index in [2.05, 4.69) is 33.1 Å². The van der Waals surface area contributed by atoms with Crippen LogP contribution in [0.15, 0.2) is 59.1 Å². The second-order valence-corrected chi connectivity index (χ2v) is 9.61. The fourth-order valence-corrected chi connectivity index (χ4v) is 5.26. The molecule has 2 saturated heterocycles. The van der Waals surface area contributed by atoms with E-state index in [0.717, 1.165) is 79.3 Å². The van der Waals surface area contributed by atoms with Crippen LogP contribution >= 0.6 is 23.8 Å². The van der Waals surface area contributed by atoms with Gasteiger partial charge < -0.3 is 19.4 Å². The number of halogens is 1.